The maximum atomic E-state index is 12.4. The Bertz CT molecular complexity index is 378. The standard InChI is InChI=1S/C13H24N4O/c1-4-6-8-17(9-7-5-2)13(18)12-11(14)10(3)15-16-12/h4-9,14H2,1-3H3,(H,15,16). The molecule has 18 heavy (non-hydrogen) atoms. The van der Waals surface area contributed by atoms with E-state index in [4.69, 9.17) is 5.73 Å². The number of carbonyl (C=O) groups is 1. The van der Waals surface area contributed by atoms with E-state index in [0.29, 0.717) is 11.4 Å². The van der Waals surface area contributed by atoms with Crippen molar-refractivity contribution in [2.24, 2.45) is 0 Å². The number of H-pyrrole nitrogens is 1. The smallest absolute Gasteiger partial charge is 0.276 e. The van der Waals surface area contributed by atoms with E-state index in [1.54, 1.807) is 0 Å². The Balaban J connectivity index is 2.77. The van der Waals surface area contributed by atoms with Gasteiger partial charge in [-0.25, -0.2) is 0 Å². The van der Waals surface area contributed by atoms with Crippen LogP contribution in [0.5, 0.6) is 0 Å². The quantitative estimate of drug-likeness (QED) is 0.782. The molecule has 0 spiro atoms. The molecule has 0 aliphatic heterocycles. The SMILES string of the molecule is CCCCN(CCCC)C(=O)c1n[nH]c(C)c1N. The number of aromatic amines is 1. The van der Waals surface area contributed by atoms with Crippen molar-refractivity contribution in [3.8, 4) is 0 Å². The van der Waals surface area contributed by atoms with Gasteiger partial charge >= 0.3 is 0 Å². The van der Waals surface area contributed by atoms with Gasteiger partial charge in [-0.3, -0.25) is 9.89 Å². The van der Waals surface area contributed by atoms with Gasteiger partial charge < -0.3 is 10.6 Å². The largest absolute Gasteiger partial charge is 0.395 e. The number of carbonyl (C=O) groups excluding carboxylic acids is 1. The van der Waals surface area contributed by atoms with Crippen molar-refractivity contribution in [2.45, 2.75) is 46.5 Å². The van der Waals surface area contributed by atoms with Gasteiger partial charge in [0.25, 0.3) is 5.91 Å². The molecular formula is C13H24N4O. The van der Waals surface area contributed by atoms with Crippen molar-refractivity contribution in [1.82, 2.24) is 15.1 Å². The number of unbranched alkanes of at least 4 members (excludes halogenated alkanes) is 2. The lowest BCUT2D eigenvalue weighted by Gasteiger charge is -2.21. The summed E-state index contributed by atoms with van der Waals surface area (Å²) in [6.45, 7) is 7.62. The predicted molar refractivity (Wildman–Crippen MR) is 73.5 cm³/mol. The number of hydrogen-bond acceptors (Lipinski definition) is 3. The number of amides is 1. The first-order valence-corrected chi connectivity index (χ1v) is 6.71. The van der Waals surface area contributed by atoms with E-state index in [-0.39, 0.29) is 5.91 Å². The molecule has 3 N–H and O–H groups in total. The highest BCUT2D eigenvalue weighted by molar-refractivity contribution is 5.97. The lowest BCUT2D eigenvalue weighted by atomic mass is 10.2. The monoisotopic (exact) mass is 252 g/mol. The number of nitrogens with zero attached hydrogens (tertiary/aromatic N) is 2. The third-order valence-corrected chi connectivity index (χ3v) is 3.05. The van der Waals surface area contributed by atoms with Gasteiger partial charge in [-0.15, -0.1) is 0 Å². The van der Waals surface area contributed by atoms with E-state index in [1.807, 2.05) is 11.8 Å². The molecule has 1 amide bonds. The molecule has 0 saturated carbocycles. The van der Waals surface area contributed by atoms with Crippen LogP contribution >= 0.6 is 0 Å². The topological polar surface area (TPSA) is 75.0 Å². The first-order chi connectivity index (χ1) is 8.61. The highest BCUT2D eigenvalue weighted by Crippen LogP contribution is 2.15. The molecule has 0 radical (unpaired) electrons. The fourth-order valence-electron chi connectivity index (χ4n) is 1.76. The van der Waals surface area contributed by atoms with Crippen LogP contribution in [0.2, 0.25) is 0 Å². The Morgan fingerprint density at radius 1 is 1.28 bits per heavy atom. The molecule has 5 heteroatoms. The van der Waals surface area contributed by atoms with Crippen molar-refractivity contribution < 1.29 is 4.79 Å². The van der Waals surface area contributed by atoms with E-state index >= 15 is 0 Å². The van der Waals surface area contributed by atoms with E-state index in [2.05, 4.69) is 24.0 Å². The summed E-state index contributed by atoms with van der Waals surface area (Å²) >= 11 is 0. The van der Waals surface area contributed by atoms with Gasteiger partial charge in [-0.2, -0.15) is 5.10 Å². The van der Waals surface area contributed by atoms with Crippen molar-refractivity contribution in [2.75, 3.05) is 18.8 Å². The fraction of sp³-hybridized carbons (Fsp3) is 0.692. The number of hydrogen-bond donors (Lipinski definition) is 2. The summed E-state index contributed by atoms with van der Waals surface area (Å²) in [5.74, 6) is -0.0567. The molecule has 0 fully saturated rings. The van der Waals surface area contributed by atoms with Gasteiger partial charge in [0.05, 0.1) is 11.4 Å². The van der Waals surface area contributed by atoms with Crippen molar-refractivity contribution in [3.05, 3.63) is 11.4 Å². The predicted octanol–water partition coefficient (Wildman–Crippen LogP) is 2.34. The van der Waals surface area contributed by atoms with E-state index in [9.17, 15) is 4.79 Å². The third kappa shape index (κ3) is 3.48. The molecule has 0 aromatic carbocycles. The second-order valence-electron chi connectivity index (χ2n) is 4.61. The molecule has 5 nitrogen and oxygen atoms in total. The normalized spacial score (nSPS) is 10.6. The number of nitrogens with two attached hydrogens (primary N) is 1. The Hall–Kier alpha value is -1.52. The van der Waals surface area contributed by atoms with Crippen LogP contribution in [0.1, 0.15) is 55.7 Å². The average Bonchev–Trinajstić information content (AvgIpc) is 2.69. The zero-order chi connectivity index (χ0) is 13.5. The van der Waals surface area contributed by atoms with Crippen LogP contribution in [0, 0.1) is 6.92 Å². The summed E-state index contributed by atoms with van der Waals surface area (Å²) < 4.78 is 0. The molecule has 102 valence electrons. The highest BCUT2D eigenvalue weighted by atomic mass is 16.2. The maximum absolute atomic E-state index is 12.4. The summed E-state index contributed by atoms with van der Waals surface area (Å²) in [4.78, 5) is 14.2. The van der Waals surface area contributed by atoms with Gasteiger partial charge in [0.1, 0.15) is 0 Å². The van der Waals surface area contributed by atoms with Crippen LogP contribution in [0.15, 0.2) is 0 Å². The van der Waals surface area contributed by atoms with E-state index in [1.165, 1.54) is 0 Å². The van der Waals surface area contributed by atoms with Crippen molar-refractivity contribution >= 4 is 11.6 Å². The number of rotatable bonds is 7. The van der Waals surface area contributed by atoms with Crippen molar-refractivity contribution in [3.63, 3.8) is 0 Å². The van der Waals surface area contributed by atoms with Gasteiger partial charge in [0.2, 0.25) is 0 Å². The summed E-state index contributed by atoms with van der Waals surface area (Å²) in [5.41, 5.74) is 7.44. The molecule has 0 bridgehead atoms. The number of aromatic nitrogens is 2. The molecule has 0 aliphatic carbocycles. The molecule has 0 saturated heterocycles. The first-order valence-electron chi connectivity index (χ1n) is 6.71. The van der Waals surface area contributed by atoms with Crippen LogP contribution in [0.25, 0.3) is 0 Å². The van der Waals surface area contributed by atoms with Gasteiger partial charge in [0, 0.05) is 13.1 Å². The Morgan fingerprint density at radius 3 is 2.22 bits per heavy atom. The number of nitrogens with one attached hydrogen (secondary N) is 1. The van der Waals surface area contributed by atoms with Crippen LogP contribution < -0.4 is 5.73 Å². The Kier molecular flexibility index (Phi) is 5.68. The summed E-state index contributed by atoms with van der Waals surface area (Å²) in [6.07, 6.45) is 4.17. The Labute approximate surface area is 109 Å². The average molecular weight is 252 g/mol. The molecule has 0 unspecified atom stereocenters. The third-order valence-electron chi connectivity index (χ3n) is 3.05. The summed E-state index contributed by atoms with van der Waals surface area (Å²) in [7, 11) is 0. The minimum absolute atomic E-state index is 0.0567. The van der Waals surface area contributed by atoms with Crippen molar-refractivity contribution in [1.29, 1.82) is 0 Å². The lowest BCUT2D eigenvalue weighted by molar-refractivity contribution is 0.0746. The zero-order valence-corrected chi connectivity index (χ0v) is 11.6. The van der Waals surface area contributed by atoms with Crippen LogP contribution in [-0.2, 0) is 0 Å². The fourth-order valence-corrected chi connectivity index (χ4v) is 1.76. The molecule has 1 aromatic rings. The lowest BCUT2D eigenvalue weighted by Crippen LogP contribution is -2.33. The van der Waals surface area contributed by atoms with Crippen LogP contribution in [-0.4, -0.2) is 34.1 Å². The second-order valence-corrected chi connectivity index (χ2v) is 4.61. The highest BCUT2D eigenvalue weighted by Gasteiger charge is 2.21. The van der Waals surface area contributed by atoms with Crippen LogP contribution in [0.3, 0.4) is 0 Å². The van der Waals surface area contributed by atoms with E-state index in [0.717, 1.165) is 44.5 Å². The number of nitrogen functional groups attached to an aromatic ring is 1. The molecule has 1 rings (SSSR count). The van der Waals surface area contributed by atoms with E-state index < -0.39 is 0 Å². The molecular weight excluding hydrogens is 228 g/mol. The second kappa shape index (κ2) is 7.03. The number of anilines is 1. The summed E-state index contributed by atoms with van der Waals surface area (Å²) in [5, 5.41) is 6.77. The maximum Gasteiger partial charge on any atom is 0.276 e. The van der Waals surface area contributed by atoms with Gasteiger partial charge in [-0.05, 0) is 19.8 Å². The van der Waals surface area contributed by atoms with Crippen LogP contribution in [0.4, 0.5) is 5.69 Å². The zero-order valence-electron chi connectivity index (χ0n) is 11.6. The summed E-state index contributed by atoms with van der Waals surface area (Å²) in [6, 6.07) is 0. The Morgan fingerprint density at radius 2 is 1.83 bits per heavy atom. The molecule has 1 aromatic heterocycles. The van der Waals surface area contributed by atoms with Gasteiger partial charge in [-0.1, -0.05) is 26.7 Å². The molecule has 0 aliphatic rings. The minimum Gasteiger partial charge on any atom is -0.395 e. The minimum atomic E-state index is -0.0567. The number of aryl methyl sites for hydroxylation is 1. The van der Waals surface area contributed by atoms with Gasteiger partial charge in [0.15, 0.2) is 5.69 Å². The first kappa shape index (κ1) is 14.5. The molecule has 1 heterocycles. The molecule has 0 atom stereocenters.